The van der Waals surface area contributed by atoms with Crippen molar-refractivity contribution in [3.63, 3.8) is 0 Å². The van der Waals surface area contributed by atoms with Gasteiger partial charge >= 0.3 is 0 Å². The molecule has 0 saturated carbocycles. The summed E-state index contributed by atoms with van der Waals surface area (Å²) in [5.74, 6) is -2.70. The molecule has 0 atom stereocenters. The van der Waals surface area contributed by atoms with Crippen LogP contribution in [0.2, 0.25) is 0 Å². The third-order valence-corrected chi connectivity index (χ3v) is 1.75. The standard InChI is InChI=1S/C9H9F2NO.2C2H6/c1-5-3-4-6(9(13)12-2)8(11)7(5)10;2*1-2/h3-4H,1-2H3,(H,12,13);2*1-2H3. The van der Waals surface area contributed by atoms with E-state index >= 15 is 0 Å². The molecule has 98 valence electrons. The van der Waals surface area contributed by atoms with Crippen LogP contribution in [-0.4, -0.2) is 13.0 Å². The molecule has 0 bridgehead atoms. The summed E-state index contributed by atoms with van der Waals surface area (Å²) in [6.45, 7) is 9.44. The fourth-order valence-electron chi connectivity index (χ4n) is 0.956. The molecule has 1 aromatic carbocycles. The van der Waals surface area contributed by atoms with Gasteiger partial charge in [-0.2, -0.15) is 0 Å². The molecule has 1 N–H and O–H groups in total. The third-order valence-electron chi connectivity index (χ3n) is 1.75. The summed E-state index contributed by atoms with van der Waals surface area (Å²) in [6, 6.07) is 2.62. The first-order valence-corrected chi connectivity index (χ1v) is 5.74. The number of hydrogen-bond acceptors (Lipinski definition) is 1. The van der Waals surface area contributed by atoms with Crippen molar-refractivity contribution in [2.24, 2.45) is 0 Å². The third kappa shape index (κ3) is 4.93. The Bertz CT molecular complexity index is 352. The van der Waals surface area contributed by atoms with Gasteiger partial charge in [0.1, 0.15) is 0 Å². The maximum atomic E-state index is 13.1. The van der Waals surface area contributed by atoms with Gasteiger partial charge in [0.05, 0.1) is 5.56 Å². The van der Waals surface area contributed by atoms with Crippen LogP contribution in [0.1, 0.15) is 43.6 Å². The Labute approximate surface area is 102 Å². The van der Waals surface area contributed by atoms with Crippen LogP contribution >= 0.6 is 0 Å². The number of aryl methyl sites for hydroxylation is 1. The topological polar surface area (TPSA) is 29.1 Å². The Morgan fingerprint density at radius 1 is 1.06 bits per heavy atom. The zero-order valence-corrected chi connectivity index (χ0v) is 11.3. The summed E-state index contributed by atoms with van der Waals surface area (Å²) >= 11 is 0. The summed E-state index contributed by atoms with van der Waals surface area (Å²) in [6.07, 6.45) is 0. The molecule has 0 fully saturated rings. The molecule has 0 spiro atoms. The minimum absolute atomic E-state index is 0.185. The number of rotatable bonds is 1. The number of nitrogens with one attached hydrogen (secondary N) is 1. The van der Waals surface area contributed by atoms with Crippen LogP contribution in [0.5, 0.6) is 0 Å². The number of amides is 1. The highest BCUT2D eigenvalue weighted by atomic mass is 19.2. The van der Waals surface area contributed by atoms with Crippen LogP contribution in [0.4, 0.5) is 8.78 Å². The Balaban J connectivity index is 0. The monoisotopic (exact) mass is 245 g/mol. The summed E-state index contributed by atoms with van der Waals surface area (Å²) in [5.41, 5.74) is -0.0873. The largest absolute Gasteiger partial charge is 0.355 e. The average molecular weight is 245 g/mol. The zero-order chi connectivity index (χ0) is 14.0. The van der Waals surface area contributed by atoms with Crippen LogP contribution in [0, 0.1) is 18.6 Å². The van der Waals surface area contributed by atoms with Gasteiger partial charge in [0.15, 0.2) is 11.6 Å². The maximum absolute atomic E-state index is 13.1. The van der Waals surface area contributed by atoms with Crippen molar-refractivity contribution in [2.75, 3.05) is 7.05 Å². The molecular weight excluding hydrogens is 224 g/mol. The van der Waals surface area contributed by atoms with Gasteiger partial charge < -0.3 is 5.32 Å². The molecular formula is C13H21F2NO. The van der Waals surface area contributed by atoms with Crippen molar-refractivity contribution in [1.29, 1.82) is 0 Å². The number of carbonyl (C=O) groups is 1. The van der Waals surface area contributed by atoms with Gasteiger partial charge in [-0.3, -0.25) is 4.79 Å². The van der Waals surface area contributed by atoms with Crippen molar-refractivity contribution in [3.05, 3.63) is 34.9 Å². The molecule has 1 aromatic rings. The van der Waals surface area contributed by atoms with Crippen molar-refractivity contribution < 1.29 is 13.6 Å². The molecule has 0 radical (unpaired) electrons. The highest BCUT2D eigenvalue weighted by molar-refractivity contribution is 5.94. The SMILES string of the molecule is CC.CC.CNC(=O)c1ccc(C)c(F)c1F. The second-order valence-corrected chi connectivity index (χ2v) is 2.64. The molecule has 0 heterocycles. The van der Waals surface area contributed by atoms with Crippen LogP contribution in [0.25, 0.3) is 0 Å². The number of halogens is 2. The van der Waals surface area contributed by atoms with Crippen LogP contribution < -0.4 is 5.32 Å². The van der Waals surface area contributed by atoms with Crippen molar-refractivity contribution in [2.45, 2.75) is 34.6 Å². The highest BCUT2D eigenvalue weighted by Gasteiger charge is 2.15. The molecule has 2 nitrogen and oxygen atoms in total. The molecule has 0 aliphatic rings. The van der Waals surface area contributed by atoms with Gasteiger partial charge in [-0.05, 0) is 18.6 Å². The Hall–Kier alpha value is -1.45. The summed E-state index contributed by atoms with van der Waals surface area (Å²) in [7, 11) is 1.36. The van der Waals surface area contributed by atoms with E-state index < -0.39 is 17.5 Å². The zero-order valence-electron chi connectivity index (χ0n) is 11.3. The van der Waals surface area contributed by atoms with E-state index in [2.05, 4.69) is 5.32 Å². The second kappa shape index (κ2) is 9.75. The van der Waals surface area contributed by atoms with E-state index in [9.17, 15) is 13.6 Å². The molecule has 1 amide bonds. The van der Waals surface area contributed by atoms with Crippen LogP contribution in [0.3, 0.4) is 0 Å². The first-order valence-electron chi connectivity index (χ1n) is 5.74. The van der Waals surface area contributed by atoms with Gasteiger partial charge in [0.25, 0.3) is 5.91 Å². The molecule has 0 unspecified atom stereocenters. The lowest BCUT2D eigenvalue weighted by Crippen LogP contribution is -2.20. The highest BCUT2D eigenvalue weighted by Crippen LogP contribution is 2.15. The first-order chi connectivity index (χ1) is 8.07. The van der Waals surface area contributed by atoms with Crippen LogP contribution in [0.15, 0.2) is 12.1 Å². The fraction of sp³-hybridized carbons (Fsp3) is 0.462. The van der Waals surface area contributed by atoms with Gasteiger partial charge in [0, 0.05) is 7.05 Å². The van der Waals surface area contributed by atoms with E-state index in [0.717, 1.165) is 0 Å². The molecule has 0 aromatic heterocycles. The van der Waals surface area contributed by atoms with E-state index in [4.69, 9.17) is 0 Å². The lowest BCUT2D eigenvalue weighted by Gasteiger charge is -2.03. The number of carbonyl (C=O) groups excluding carboxylic acids is 1. The molecule has 1 rings (SSSR count). The normalized spacial score (nSPS) is 8.24. The Kier molecular flexibility index (Phi) is 10.3. The van der Waals surface area contributed by atoms with Crippen molar-refractivity contribution in [3.8, 4) is 0 Å². The van der Waals surface area contributed by atoms with Gasteiger partial charge in [-0.15, -0.1) is 0 Å². The quantitative estimate of drug-likeness (QED) is 0.803. The van der Waals surface area contributed by atoms with E-state index in [-0.39, 0.29) is 11.1 Å². The van der Waals surface area contributed by atoms with Crippen molar-refractivity contribution >= 4 is 5.91 Å². The van der Waals surface area contributed by atoms with Gasteiger partial charge in [-0.1, -0.05) is 33.8 Å². The molecule has 0 aliphatic heterocycles. The lowest BCUT2D eigenvalue weighted by atomic mass is 10.1. The fourth-order valence-corrected chi connectivity index (χ4v) is 0.956. The predicted molar refractivity (Wildman–Crippen MR) is 67.2 cm³/mol. The maximum Gasteiger partial charge on any atom is 0.254 e. The summed E-state index contributed by atoms with van der Waals surface area (Å²) in [4.78, 5) is 11.0. The number of hydrogen-bond donors (Lipinski definition) is 1. The van der Waals surface area contributed by atoms with Gasteiger partial charge in [-0.25, -0.2) is 8.78 Å². The minimum Gasteiger partial charge on any atom is -0.355 e. The minimum atomic E-state index is -1.10. The average Bonchev–Trinajstić information content (AvgIpc) is 2.40. The predicted octanol–water partition coefficient (Wildman–Crippen LogP) is 3.69. The smallest absolute Gasteiger partial charge is 0.254 e. The summed E-state index contributed by atoms with van der Waals surface area (Å²) < 4.78 is 26.0. The molecule has 0 aliphatic carbocycles. The second-order valence-electron chi connectivity index (χ2n) is 2.64. The van der Waals surface area contributed by atoms with E-state index in [0.29, 0.717) is 0 Å². The first kappa shape index (κ1) is 17.9. The van der Waals surface area contributed by atoms with Gasteiger partial charge in [0.2, 0.25) is 0 Å². The van der Waals surface area contributed by atoms with E-state index in [1.807, 2.05) is 27.7 Å². The number of benzene rings is 1. The summed E-state index contributed by atoms with van der Waals surface area (Å²) in [5, 5.41) is 2.22. The van der Waals surface area contributed by atoms with E-state index in [1.54, 1.807) is 0 Å². The lowest BCUT2D eigenvalue weighted by molar-refractivity contribution is 0.0958. The van der Waals surface area contributed by atoms with E-state index in [1.165, 1.54) is 26.1 Å². The van der Waals surface area contributed by atoms with Crippen LogP contribution in [-0.2, 0) is 0 Å². The Morgan fingerprint density at radius 2 is 1.53 bits per heavy atom. The molecule has 4 heteroatoms. The molecule has 17 heavy (non-hydrogen) atoms. The van der Waals surface area contributed by atoms with Crippen molar-refractivity contribution in [1.82, 2.24) is 5.32 Å². The Morgan fingerprint density at radius 3 is 1.94 bits per heavy atom. The molecule has 0 saturated heterocycles.